The normalized spacial score (nSPS) is 10.5. The molecule has 0 atom stereocenters. The second-order valence-electron chi connectivity index (χ2n) is 5.15. The Hall–Kier alpha value is -2.00. The topological polar surface area (TPSA) is 41.1 Å². The van der Waals surface area contributed by atoms with E-state index >= 15 is 0 Å². The standard InChI is InChI=1S/C17H19ClN2O/c1-12(2)15-5-3-4-6-16(15)20-17(21)11-19-14-9-7-13(18)8-10-14/h3-10,12,19H,11H2,1-2H3,(H,20,21). The molecule has 4 heteroatoms. The summed E-state index contributed by atoms with van der Waals surface area (Å²) in [6.45, 7) is 4.43. The Morgan fingerprint density at radius 3 is 2.43 bits per heavy atom. The van der Waals surface area contributed by atoms with Gasteiger partial charge in [-0.15, -0.1) is 0 Å². The fraction of sp³-hybridized carbons (Fsp3) is 0.235. The zero-order valence-corrected chi connectivity index (χ0v) is 12.9. The molecule has 0 saturated heterocycles. The first-order valence-electron chi connectivity index (χ1n) is 6.94. The maximum Gasteiger partial charge on any atom is 0.243 e. The van der Waals surface area contributed by atoms with E-state index in [1.165, 1.54) is 0 Å². The number of carbonyl (C=O) groups is 1. The van der Waals surface area contributed by atoms with Gasteiger partial charge in [0.15, 0.2) is 0 Å². The number of halogens is 1. The molecule has 0 aliphatic heterocycles. The van der Waals surface area contributed by atoms with Crippen molar-refractivity contribution in [3.05, 3.63) is 59.1 Å². The van der Waals surface area contributed by atoms with Gasteiger partial charge in [-0.3, -0.25) is 4.79 Å². The third-order valence-electron chi connectivity index (χ3n) is 3.15. The van der Waals surface area contributed by atoms with Gasteiger partial charge < -0.3 is 10.6 Å². The molecule has 0 radical (unpaired) electrons. The molecule has 0 saturated carbocycles. The molecular formula is C17H19ClN2O. The molecule has 0 bridgehead atoms. The van der Waals surface area contributed by atoms with E-state index in [4.69, 9.17) is 11.6 Å². The smallest absolute Gasteiger partial charge is 0.243 e. The van der Waals surface area contributed by atoms with Crippen LogP contribution in [-0.4, -0.2) is 12.5 Å². The highest BCUT2D eigenvalue weighted by atomic mass is 35.5. The Morgan fingerprint density at radius 2 is 1.76 bits per heavy atom. The maximum absolute atomic E-state index is 12.0. The number of rotatable bonds is 5. The summed E-state index contributed by atoms with van der Waals surface area (Å²) in [5.41, 5.74) is 2.87. The van der Waals surface area contributed by atoms with Crippen LogP contribution in [0.25, 0.3) is 0 Å². The van der Waals surface area contributed by atoms with Crippen LogP contribution < -0.4 is 10.6 Å². The van der Waals surface area contributed by atoms with Gasteiger partial charge in [0.1, 0.15) is 0 Å². The van der Waals surface area contributed by atoms with E-state index in [2.05, 4.69) is 24.5 Å². The number of carbonyl (C=O) groups excluding carboxylic acids is 1. The molecule has 0 aliphatic rings. The fourth-order valence-corrected chi connectivity index (χ4v) is 2.18. The lowest BCUT2D eigenvalue weighted by Gasteiger charge is -2.14. The first kappa shape index (κ1) is 15.4. The van der Waals surface area contributed by atoms with Gasteiger partial charge in [0, 0.05) is 16.4 Å². The largest absolute Gasteiger partial charge is 0.376 e. The van der Waals surface area contributed by atoms with Crippen molar-refractivity contribution in [2.24, 2.45) is 0 Å². The Morgan fingerprint density at radius 1 is 1.10 bits per heavy atom. The van der Waals surface area contributed by atoms with Gasteiger partial charge in [-0.2, -0.15) is 0 Å². The average Bonchev–Trinajstić information content (AvgIpc) is 2.47. The Balaban J connectivity index is 1.94. The number of amides is 1. The Kier molecular flexibility index (Phi) is 5.23. The van der Waals surface area contributed by atoms with E-state index in [1.807, 2.05) is 36.4 Å². The van der Waals surface area contributed by atoms with E-state index in [0.29, 0.717) is 10.9 Å². The quantitative estimate of drug-likeness (QED) is 0.853. The molecule has 3 nitrogen and oxygen atoms in total. The van der Waals surface area contributed by atoms with Crippen molar-refractivity contribution in [2.75, 3.05) is 17.2 Å². The molecule has 2 aromatic rings. The first-order valence-corrected chi connectivity index (χ1v) is 7.32. The van der Waals surface area contributed by atoms with Crippen molar-refractivity contribution < 1.29 is 4.79 Å². The van der Waals surface area contributed by atoms with Crippen LogP contribution in [0.15, 0.2) is 48.5 Å². The third-order valence-corrected chi connectivity index (χ3v) is 3.41. The van der Waals surface area contributed by atoms with Gasteiger partial charge in [0.25, 0.3) is 0 Å². The molecule has 0 heterocycles. The van der Waals surface area contributed by atoms with Crippen LogP contribution >= 0.6 is 11.6 Å². The summed E-state index contributed by atoms with van der Waals surface area (Å²) < 4.78 is 0. The minimum Gasteiger partial charge on any atom is -0.376 e. The highest BCUT2D eigenvalue weighted by Crippen LogP contribution is 2.23. The summed E-state index contributed by atoms with van der Waals surface area (Å²) in [4.78, 5) is 12.0. The van der Waals surface area contributed by atoms with Gasteiger partial charge in [-0.25, -0.2) is 0 Å². The van der Waals surface area contributed by atoms with E-state index < -0.39 is 0 Å². The minimum atomic E-state index is -0.0712. The van der Waals surface area contributed by atoms with Gasteiger partial charge in [-0.1, -0.05) is 43.6 Å². The summed E-state index contributed by atoms with van der Waals surface area (Å²) in [6.07, 6.45) is 0. The van der Waals surface area contributed by atoms with Crippen LogP contribution in [-0.2, 0) is 4.79 Å². The van der Waals surface area contributed by atoms with Crippen LogP contribution in [0, 0.1) is 0 Å². The summed E-state index contributed by atoms with van der Waals surface area (Å²) >= 11 is 5.82. The molecule has 2 aromatic carbocycles. The van der Waals surface area contributed by atoms with Crippen molar-refractivity contribution in [1.82, 2.24) is 0 Å². The molecule has 0 fully saturated rings. The van der Waals surface area contributed by atoms with Crippen molar-refractivity contribution in [3.8, 4) is 0 Å². The lowest BCUT2D eigenvalue weighted by molar-refractivity contribution is -0.114. The molecule has 21 heavy (non-hydrogen) atoms. The van der Waals surface area contributed by atoms with Crippen molar-refractivity contribution in [1.29, 1.82) is 0 Å². The number of hydrogen-bond acceptors (Lipinski definition) is 2. The Bertz CT molecular complexity index is 608. The Labute approximate surface area is 130 Å². The van der Waals surface area contributed by atoms with Gasteiger partial charge in [0.2, 0.25) is 5.91 Å². The van der Waals surface area contributed by atoms with E-state index in [9.17, 15) is 4.79 Å². The monoisotopic (exact) mass is 302 g/mol. The summed E-state index contributed by atoms with van der Waals surface area (Å²) in [5.74, 6) is 0.295. The van der Waals surface area contributed by atoms with E-state index in [1.54, 1.807) is 12.1 Å². The fourth-order valence-electron chi connectivity index (χ4n) is 2.06. The van der Waals surface area contributed by atoms with Crippen LogP contribution in [0.4, 0.5) is 11.4 Å². The molecule has 0 aliphatic carbocycles. The van der Waals surface area contributed by atoms with Crippen LogP contribution in [0.5, 0.6) is 0 Å². The van der Waals surface area contributed by atoms with Gasteiger partial charge in [-0.05, 0) is 41.8 Å². The number of nitrogens with one attached hydrogen (secondary N) is 2. The molecule has 1 amide bonds. The average molecular weight is 303 g/mol. The lowest BCUT2D eigenvalue weighted by Crippen LogP contribution is -2.22. The van der Waals surface area contributed by atoms with Crippen LogP contribution in [0.3, 0.4) is 0 Å². The van der Waals surface area contributed by atoms with Crippen LogP contribution in [0.2, 0.25) is 5.02 Å². The second kappa shape index (κ2) is 7.14. The minimum absolute atomic E-state index is 0.0712. The summed E-state index contributed by atoms with van der Waals surface area (Å²) in [5, 5.41) is 6.69. The molecule has 2 N–H and O–H groups in total. The highest BCUT2D eigenvalue weighted by molar-refractivity contribution is 6.30. The van der Waals surface area contributed by atoms with Gasteiger partial charge >= 0.3 is 0 Å². The highest BCUT2D eigenvalue weighted by Gasteiger charge is 2.08. The molecular weight excluding hydrogens is 284 g/mol. The van der Waals surface area contributed by atoms with E-state index in [0.717, 1.165) is 16.9 Å². The summed E-state index contributed by atoms with van der Waals surface area (Å²) in [6, 6.07) is 15.1. The lowest BCUT2D eigenvalue weighted by atomic mass is 10.0. The second-order valence-corrected chi connectivity index (χ2v) is 5.59. The number of para-hydroxylation sites is 1. The molecule has 110 valence electrons. The molecule has 0 aromatic heterocycles. The number of benzene rings is 2. The molecule has 2 rings (SSSR count). The maximum atomic E-state index is 12.0. The predicted octanol–water partition coefficient (Wildman–Crippen LogP) is 4.51. The van der Waals surface area contributed by atoms with Gasteiger partial charge in [0.05, 0.1) is 6.54 Å². The third kappa shape index (κ3) is 4.50. The van der Waals surface area contributed by atoms with Crippen molar-refractivity contribution in [2.45, 2.75) is 19.8 Å². The first-order chi connectivity index (χ1) is 10.1. The zero-order chi connectivity index (χ0) is 15.2. The van der Waals surface area contributed by atoms with Crippen molar-refractivity contribution >= 4 is 28.9 Å². The number of anilines is 2. The predicted molar refractivity (Wildman–Crippen MR) is 89.1 cm³/mol. The molecule has 0 spiro atoms. The number of hydrogen-bond donors (Lipinski definition) is 2. The summed E-state index contributed by atoms with van der Waals surface area (Å²) in [7, 11) is 0. The van der Waals surface area contributed by atoms with Crippen molar-refractivity contribution in [3.63, 3.8) is 0 Å². The van der Waals surface area contributed by atoms with Crippen LogP contribution in [0.1, 0.15) is 25.3 Å². The van der Waals surface area contributed by atoms with E-state index in [-0.39, 0.29) is 12.5 Å². The molecule has 0 unspecified atom stereocenters. The SMILES string of the molecule is CC(C)c1ccccc1NC(=O)CNc1ccc(Cl)cc1. The zero-order valence-electron chi connectivity index (χ0n) is 12.2.